The van der Waals surface area contributed by atoms with Gasteiger partial charge in [-0.1, -0.05) is 12.1 Å². The maximum absolute atomic E-state index is 11.7. The zero-order chi connectivity index (χ0) is 18.0. The average molecular weight is 344 g/mol. The Balaban J connectivity index is 2.05. The van der Waals surface area contributed by atoms with Crippen LogP contribution in [0, 0.1) is 13.8 Å². The third kappa shape index (κ3) is 3.51. The Morgan fingerprint density at radius 2 is 2.08 bits per heavy atom. The monoisotopic (exact) mass is 344 g/mol. The first kappa shape index (κ1) is 17.4. The molecule has 0 aliphatic carbocycles. The molecule has 0 amide bonds. The number of carboxylic acid groups (broad SMARTS) is 1. The van der Waals surface area contributed by atoms with E-state index in [9.17, 15) is 15.0 Å². The molecular formula is C18H24N4O3. The number of anilines is 1. The van der Waals surface area contributed by atoms with Gasteiger partial charge in [-0.2, -0.15) is 0 Å². The second kappa shape index (κ2) is 7.23. The number of aryl methyl sites for hydroxylation is 2. The van der Waals surface area contributed by atoms with Gasteiger partial charge in [0.05, 0.1) is 5.69 Å². The third-order valence-electron chi connectivity index (χ3n) is 4.74. The molecule has 134 valence electrons. The Bertz CT molecular complexity index is 770. The molecule has 0 radical (unpaired) electrons. The molecule has 1 saturated heterocycles. The molecule has 0 saturated carbocycles. The molecular weight excluding hydrogens is 320 g/mol. The Kier molecular flexibility index (Phi) is 5.03. The molecule has 1 fully saturated rings. The first-order valence-corrected chi connectivity index (χ1v) is 8.67. The number of hydrogen-bond acceptors (Lipinski definition) is 5. The molecule has 2 aromatic rings. The Hall–Kier alpha value is -2.41. The van der Waals surface area contributed by atoms with E-state index in [1.165, 1.54) is 4.80 Å². The van der Waals surface area contributed by atoms with Crippen LogP contribution in [0.25, 0.3) is 5.69 Å². The minimum atomic E-state index is -1.08. The summed E-state index contributed by atoms with van der Waals surface area (Å²) in [6.07, 6.45) is 3.59. The van der Waals surface area contributed by atoms with E-state index in [2.05, 4.69) is 10.2 Å². The van der Waals surface area contributed by atoms with Crippen molar-refractivity contribution in [2.75, 3.05) is 18.1 Å². The second-order valence-electron chi connectivity index (χ2n) is 6.61. The van der Waals surface area contributed by atoms with Crippen molar-refractivity contribution in [1.29, 1.82) is 0 Å². The van der Waals surface area contributed by atoms with Crippen molar-refractivity contribution in [3.8, 4) is 5.69 Å². The molecule has 1 aliphatic rings. The highest BCUT2D eigenvalue weighted by molar-refractivity contribution is 5.91. The lowest BCUT2D eigenvalue weighted by Gasteiger charge is -2.35. The fourth-order valence-corrected chi connectivity index (χ4v) is 3.40. The molecule has 25 heavy (non-hydrogen) atoms. The van der Waals surface area contributed by atoms with Gasteiger partial charge in [0, 0.05) is 19.2 Å². The summed E-state index contributed by atoms with van der Waals surface area (Å²) >= 11 is 0. The topological polar surface area (TPSA) is 91.5 Å². The van der Waals surface area contributed by atoms with Crippen molar-refractivity contribution in [3.63, 3.8) is 0 Å². The van der Waals surface area contributed by atoms with E-state index in [4.69, 9.17) is 0 Å². The van der Waals surface area contributed by atoms with Crippen LogP contribution < -0.4 is 4.90 Å². The van der Waals surface area contributed by atoms with Gasteiger partial charge in [0.15, 0.2) is 5.82 Å². The van der Waals surface area contributed by atoms with Crippen LogP contribution in [0.3, 0.4) is 0 Å². The molecule has 3 rings (SSSR count). The molecule has 1 aromatic carbocycles. The highest BCUT2D eigenvalue weighted by atomic mass is 16.4. The van der Waals surface area contributed by atoms with Crippen molar-refractivity contribution in [1.82, 2.24) is 15.0 Å². The van der Waals surface area contributed by atoms with Gasteiger partial charge in [-0.25, -0.2) is 4.79 Å². The summed E-state index contributed by atoms with van der Waals surface area (Å²) < 4.78 is 0. The number of aromatic carboxylic acids is 1. The number of aromatic nitrogens is 3. The lowest BCUT2D eigenvalue weighted by molar-refractivity contribution is 0.0690. The van der Waals surface area contributed by atoms with E-state index >= 15 is 0 Å². The van der Waals surface area contributed by atoms with Crippen LogP contribution in [0.15, 0.2) is 18.2 Å². The van der Waals surface area contributed by atoms with Crippen molar-refractivity contribution in [2.24, 2.45) is 0 Å². The van der Waals surface area contributed by atoms with Gasteiger partial charge in [-0.05, 0) is 56.7 Å². The lowest BCUT2D eigenvalue weighted by Crippen LogP contribution is -2.41. The van der Waals surface area contributed by atoms with E-state index in [-0.39, 0.29) is 18.3 Å². The van der Waals surface area contributed by atoms with Gasteiger partial charge in [-0.3, -0.25) is 0 Å². The van der Waals surface area contributed by atoms with Gasteiger partial charge < -0.3 is 15.1 Å². The number of carboxylic acids is 1. The van der Waals surface area contributed by atoms with E-state index in [1.807, 2.05) is 36.9 Å². The summed E-state index contributed by atoms with van der Waals surface area (Å²) in [7, 11) is 0. The zero-order valence-electron chi connectivity index (χ0n) is 14.6. The van der Waals surface area contributed by atoms with Crippen LogP contribution in [0.5, 0.6) is 0 Å². The number of hydrogen-bond donors (Lipinski definition) is 2. The molecule has 1 aromatic heterocycles. The fraction of sp³-hybridized carbons (Fsp3) is 0.500. The normalized spacial score (nSPS) is 17.7. The van der Waals surface area contributed by atoms with Crippen LogP contribution in [-0.4, -0.2) is 50.4 Å². The Morgan fingerprint density at radius 3 is 2.80 bits per heavy atom. The molecule has 2 heterocycles. The molecule has 1 aliphatic heterocycles. The number of aliphatic hydroxyl groups is 1. The summed E-state index contributed by atoms with van der Waals surface area (Å²) in [5.41, 5.74) is 2.79. The molecule has 0 spiro atoms. The maximum Gasteiger partial charge on any atom is 0.360 e. The molecule has 7 nitrogen and oxygen atoms in total. The highest BCUT2D eigenvalue weighted by Gasteiger charge is 2.30. The Labute approximate surface area is 146 Å². The first-order valence-electron chi connectivity index (χ1n) is 8.67. The number of rotatable bonds is 5. The molecule has 1 atom stereocenters. The first-order chi connectivity index (χ1) is 12.0. The molecule has 2 N–H and O–H groups in total. The highest BCUT2D eigenvalue weighted by Crippen LogP contribution is 2.28. The maximum atomic E-state index is 11.7. The number of aliphatic hydroxyl groups excluding tert-OH is 1. The van der Waals surface area contributed by atoms with E-state index < -0.39 is 5.97 Å². The Morgan fingerprint density at radius 1 is 1.28 bits per heavy atom. The van der Waals surface area contributed by atoms with Gasteiger partial charge in [0.1, 0.15) is 0 Å². The van der Waals surface area contributed by atoms with Crippen molar-refractivity contribution >= 4 is 11.8 Å². The van der Waals surface area contributed by atoms with E-state index in [0.717, 1.165) is 42.6 Å². The third-order valence-corrected chi connectivity index (χ3v) is 4.74. The fourth-order valence-electron chi connectivity index (χ4n) is 3.40. The lowest BCUT2D eigenvalue weighted by atomic mass is 9.99. The van der Waals surface area contributed by atoms with E-state index in [0.29, 0.717) is 12.2 Å². The van der Waals surface area contributed by atoms with Crippen LogP contribution in [0.4, 0.5) is 5.82 Å². The smallest absolute Gasteiger partial charge is 0.360 e. The summed E-state index contributed by atoms with van der Waals surface area (Å²) in [6, 6.07) is 6.03. The molecule has 0 bridgehead atoms. The van der Waals surface area contributed by atoms with Crippen LogP contribution >= 0.6 is 0 Å². The summed E-state index contributed by atoms with van der Waals surface area (Å²) in [4.78, 5) is 15.2. The van der Waals surface area contributed by atoms with Gasteiger partial charge in [0.25, 0.3) is 0 Å². The largest absolute Gasteiger partial charge is 0.476 e. The summed E-state index contributed by atoms with van der Waals surface area (Å²) in [5.74, 6) is -0.688. The molecule has 7 heteroatoms. The van der Waals surface area contributed by atoms with Crippen LogP contribution in [0.2, 0.25) is 0 Å². The van der Waals surface area contributed by atoms with Crippen molar-refractivity contribution in [3.05, 3.63) is 35.0 Å². The number of piperidine rings is 1. The number of benzene rings is 1. The average Bonchev–Trinajstić information content (AvgIpc) is 3.03. The predicted molar refractivity (Wildman–Crippen MR) is 94.5 cm³/mol. The van der Waals surface area contributed by atoms with Gasteiger partial charge in [0.2, 0.25) is 5.69 Å². The van der Waals surface area contributed by atoms with Gasteiger partial charge in [-0.15, -0.1) is 15.0 Å². The van der Waals surface area contributed by atoms with E-state index in [1.54, 1.807) is 0 Å². The quantitative estimate of drug-likeness (QED) is 0.865. The number of nitrogens with zero attached hydrogens (tertiary/aromatic N) is 4. The zero-order valence-corrected chi connectivity index (χ0v) is 14.6. The predicted octanol–water partition coefficient (Wildman–Crippen LogP) is 2.32. The van der Waals surface area contributed by atoms with Crippen LogP contribution in [0.1, 0.15) is 47.3 Å². The number of carbonyl (C=O) groups is 1. The minimum Gasteiger partial charge on any atom is -0.476 e. The molecule has 1 unspecified atom stereocenters. The standard InChI is InChI=1S/C18H24N4O3/c1-12-6-7-13(2)15(11-12)22-19-16(18(24)25)17(20-22)21-9-4-3-5-14(21)8-10-23/h6-7,11,14,23H,3-5,8-10H2,1-2H3,(H,24,25). The summed E-state index contributed by atoms with van der Waals surface area (Å²) in [6.45, 7) is 4.74. The minimum absolute atomic E-state index is 0.0363. The van der Waals surface area contributed by atoms with Crippen LogP contribution in [-0.2, 0) is 0 Å². The SMILES string of the molecule is Cc1ccc(C)c(-n2nc(C(=O)O)c(N3CCCCC3CCO)n2)c1. The second-order valence-corrected chi connectivity index (χ2v) is 6.61. The van der Waals surface area contributed by atoms with Crippen molar-refractivity contribution in [2.45, 2.75) is 45.6 Å². The summed E-state index contributed by atoms with van der Waals surface area (Å²) in [5, 5.41) is 27.7. The van der Waals surface area contributed by atoms with Crippen molar-refractivity contribution < 1.29 is 15.0 Å². The van der Waals surface area contributed by atoms with Gasteiger partial charge >= 0.3 is 5.97 Å².